The summed E-state index contributed by atoms with van der Waals surface area (Å²) in [5, 5.41) is 1.92. The van der Waals surface area contributed by atoms with Gasteiger partial charge in [-0.3, -0.25) is 0 Å². The van der Waals surface area contributed by atoms with Gasteiger partial charge in [0.25, 0.3) is 10.0 Å². The van der Waals surface area contributed by atoms with Gasteiger partial charge < -0.3 is 4.57 Å². The summed E-state index contributed by atoms with van der Waals surface area (Å²) in [7, 11) is -3.76. The summed E-state index contributed by atoms with van der Waals surface area (Å²) >= 11 is 1.30. The molecule has 6 heteroatoms. The Labute approximate surface area is 151 Å². The van der Waals surface area contributed by atoms with Crippen molar-refractivity contribution in [1.82, 2.24) is 4.57 Å². The van der Waals surface area contributed by atoms with Crippen LogP contribution in [0.25, 0.3) is 11.3 Å². The molecule has 1 aromatic heterocycles. The molecule has 0 bridgehead atoms. The van der Waals surface area contributed by atoms with Crippen LogP contribution in [0.15, 0.2) is 81.9 Å². The fraction of sp³-hybridized carbons (Fsp3) is 0.105. The van der Waals surface area contributed by atoms with Crippen LogP contribution >= 0.6 is 11.3 Å². The second kappa shape index (κ2) is 7.21. The number of hydrogen-bond acceptors (Lipinski definition) is 3. The smallest absolute Gasteiger partial charge is 0.285 e. The third-order valence-electron chi connectivity index (χ3n) is 3.70. The van der Waals surface area contributed by atoms with Crippen LogP contribution in [0.3, 0.4) is 0 Å². The van der Waals surface area contributed by atoms with E-state index >= 15 is 0 Å². The molecule has 4 nitrogen and oxygen atoms in total. The van der Waals surface area contributed by atoms with E-state index in [1.165, 1.54) is 11.3 Å². The number of aryl methyl sites for hydroxylation is 1. The van der Waals surface area contributed by atoms with Crippen molar-refractivity contribution < 1.29 is 8.42 Å². The number of rotatable bonds is 5. The molecule has 3 rings (SSSR count). The first-order chi connectivity index (χ1) is 12.0. The molecule has 0 N–H and O–H groups in total. The Balaban J connectivity index is 2.13. The van der Waals surface area contributed by atoms with E-state index in [9.17, 15) is 8.42 Å². The summed E-state index contributed by atoms with van der Waals surface area (Å²) < 4.78 is 31.2. The Bertz CT molecular complexity index is 1040. The lowest BCUT2D eigenvalue weighted by atomic mass is 10.2. The number of nitrogens with zero attached hydrogens (tertiary/aromatic N) is 2. The van der Waals surface area contributed by atoms with E-state index in [-0.39, 0.29) is 4.90 Å². The monoisotopic (exact) mass is 370 g/mol. The molecule has 3 aromatic rings. The predicted octanol–water partition coefficient (Wildman–Crippen LogP) is 4.00. The van der Waals surface area contributed by atoms with Crippen molar-refractivity contribution in [2.75, 3.05) is 0 Å². The molecule has 0 amide bonds. The Kier molecular flexibility index (Phi) is 5.01. The minimum atomic E-state index is -3.76. The largest absolute Gasteiger partial charge is 0.312 e. The lowest BCUT2D eigenvalue weighted by Crippen LogP contribution is -2.17. The third-order valence-corrected chi connectivity index (χ3v) is 5.96. The molecule has 0 radical (unpaired) electrons. The van der Waals surface area contributed by atoms with Crippen LogP contribution in [0.4, 0.5) is 0 Å². The SMILES string of the molecule is C=CCn1c(-c2ccccc2)cs/c1=N/S(=O)(=O)c1ccc(C)cc1. The van der Waals surface area contributed by atoms with Gasteiger partial charge in [0.15, 0.2) is 0 Å². The molecule has 25 heavy (non-hydrogen) atoms. The highest BCUT2D eigenvalue weighted by Crippen LogP contribution is 2.20. The van der Waals surface area contributed by atoms with Crippen molar-refractivity contribution in [1.29, 1.82) is 0 Å². The number of thiazole rings is 1. The average molecular weight is 370 g/mol. The quantitative estimate of drug-likeness (QED) is 0.638. The number of aromatic nitrogens is 1. The van der Waals surface area contributed by atoms with Gasteiger partial charge in [-0.25, -0.2) is 0 Å². The summed E-state index contributed by atoms with van der Waals surface area (Å²) in [6.45, 7) is 6.16. The summed E-state index contributed by atoms with van der Waals surface area (Å²) in [4.78, 5) is 0.622. The zero-order valence-corrected chi connectivity index (χ0v) is 15.4. The van der Waals surface area contributed by atoms with Crippen LogP contribution in [-0.2, 0) is 16.6 Å². The molecule has 0 spiro atoms. The van der Waals surface area contributed by atoms with E-state index in [1.54, 1.807) is 30.3 Å². The van der Waals surface area contributed by atoms with E-state index in [1.807, 2.05) is 47.2 Å². The highest BCUT2D eigenvalue weighted by molar-refractivity contribution is 7.90. The highest BCUT2D eigenvalue weighted by atomic mass is 32.2. The minimum Gasteiger partial charge on any atom is -0.312 e. The lowest BCUT2D eigenvalue weighted by molar-refractivity contribution is 0.595. The molecule has 0 aliphatic heterocycles. The Morgan fingerprint density at radius 1 is 1.12 bits per heavy atom. The van der Waals surface area contributed by atoms with Gasteiger partial charge in [-0.15, -0.1) is 22.3 Å². The fourth-order valence-electron chi connectivity index (χ4n) is 2.41. The van der Waals surface area contributed by atoms with Crippen LogP contribution in [0, 0.1) is 6.92 Å². The zero-order valence-electron chi connectivity index (χ0n) is 13.8. The van der Waals surface area contributed by atoms with Crippen LogP contribution in [0.5, 0.6) is 0 Å². The Morgan fingerprint density at radius 2 is 1.80 bits per heavy atom. The molecular weight excluding hydrogens is 352 g/mol. The summed E-state index contributed by atoms with van der Waals surface area (Å²) in [6.07, 6.45) is 1.73. The van der Waals surface area contributed by atoms with E-state index in [2.05, 4.69) is 11.0 Å². The number of sulfonamides is 1. The standard InChI is InChI=1S/C19H18N2O2S2/c1-3-13-21-18(16-7-5-4-6-8-16)14-24-19(21)20-25(22,23)17-11-9-15(2)10-12-17/h3-12,14H,1,13H2,2H3/b20-19+. The molecule has 0 fully saturated rings. The predicted molar refractivity (Wildman–Crippen MR) is 102 cm³/mol. The van der Waals surface area contributed by atoms with Gasteiger partial charge in [-0.05, 0) is 24.6 Å². The maximum atomic E-state index is 12.6. The van der Waals surface area contributed by atoms with Gasteiger partial charge in [-0.2, -0.15) is 8.42 Å². The Morgan fingerprint density at radius 3 is 2.44 bits per heavy atom. The summed E-state index contributed by atoms with van der Waals surface area (Å²) in [6, 6.07) is 16.5. The molecular formula is C19H18N2O2S2. The third kappa shape index (κ3) is 3.81. The molecule has 0 aliphatic rings. The fourth-order valence-corrected chi connectivity index (χ4v) is 4.55. The van der Waals surface area contributed by atoms with E-state index in [0.29, 0.717) is 11.3 Å². The molecule has 0 atom stereocenters. The van der Waals surface area contributed by atoms with Gasteiger partial charge in [0.1, 0.15) is 0 Å². The van der Waals surface area contributed by atoms with E-state index in [0.717, 1.165) is 16.8 Å². The zero-order chi connectivity index (χ0) is 17.9. The topological polar surface area (TPSA) is 51.4 Å². The summed E-state index contributed by atoms with van der Waals surface area (Å²) in [5.41, 5.74) is 2.93. The minimum absolute atomic E-state index is 0.193. The first kappa shape index (κ1) is 17.4. The molecule has 128 valence electrons. The van der Waals surface area contributed by atoms with Gasteiger partial charge >= 0.3 is 0 Å². The maximum absolute atomic E-state index is 12.6. The molecule has 0 unspecified atom stereocenters. The highest BCUT2D eigenvalue weighted by Gasteiger charge is 2.14. The number of allylic oxidation sites excluding steroid dienone is 1. The van der Waals surface area contributed by atoms with Crippen molar-refractivity contribution in [3.8, 4) is 11.3 Å². The first-order valence-corrected chi connectivity index (χ1v) is 10.1. The van der Waals surface area contributed by atoms with Gasteiger partial charge in [0.2, 0.25) is 4.80 Å². The second-order valence-electron chi connectivity index (χ2n) is 5.55. The lowest BCUT2D eigenvalue weighted by Gasteiger charge is -2.06. The molecule has 0 aliphatic carbocycles. The normalized spacial score (nSPS) is 12.3. The molecule has 1 heterocycles. The van der Waals surface area contributed by atoms with Crippen LogP contribution in [0.1, 0.15) is 5.56 Å². The van der Waals surface area contributed by atoms with Crippen molar-refractivity contribution in [3.63, 3.8) is 0 Å². The van der Waals surface area contributed by atoms with Crippen LogP contribution in [0.2, 0.25) is 0 Å². The first-order valence-electron chi connectivity index (χ1n) is 7.73. The second-order valence-corrected chi connectivity index (χ2v) is 7.99. The van der Waals surface area contributed by atoms with Crippen molar-refractivity contribution >= 4 is 21.4 Å². The maximum Gasteiger partial charge on any atom is 0.285 e. The number of benzene rings is 2. The molecule has 0 saturated heterocycles. The molecule has 0 saturated carbocycles. The van der Waals surface area contributed by atoms with Crippen molar-refractivity contribution in [2.24, 2.45) is 4.40 Å². The van der Waals surface area contributed by atoms with Gasteiger partial charge in [0, 0.05) is 11.9 Å². The van der Waals surface area contributed by atoms with Gasteiger partial charge in [0.05, 0.1) is 10.6 Å². The van der Waals surface area contributed by atoms with Crippen molar-refractivity contribution in [2.45, 2.75) is 18.4 Å². The summed E-state index contributed by atoms with van der Waals surface area (Å²) in [5.74, 6) is 0. The number of hydrogen-bond donors (Lipinski definition) is 0. The van der Waals surface area contributed by atoms with E-state index in [4.69, 9.17) is 0 Å². The van der Waals surface area contributed by atoms with Crippen LogP contribution < -0.4 is 4.80 Å². The van der Waals surface area contributed by atoms with Crippen LogP contribution in [-0.4, -0.2) is 13.0 Å². The molecule has 2 aromatic carbocycles. The average Bonchev–Trinajstić information content (AvgIpc) is 2.98. The van der Waals surface area contributed by atoms with Gasteiger partial charge in [-0.1, -0.05) is 54.1 Å². The van der Waals surface area contributed by atoms with Crippen molar-refractivity contribution in [3.05, 3.63) is 83.0 Å². The Hall–Kier alpha value is -2.44. The van der Waals surface area contributed by atoms with E-state index < -0.39 is 10.0 Å².